The normalized spacial score (nSPS) is 16.9. The number of halogens is 1. The number of nitrogens with zero attached hydrogens (tertiary/aromatic N) is 3. The zero-order valence-corrected chi connectivity index (χ0v) is 21.0. The Labute approximate surface area is 209 Å². The van der Waals surface area contributed by atoms with Gasteiger partial charge in [0.05, 0.1) is 44.5 Å². The molecule has 2 heterocycles. The fourth-order valence-electron chi connectivity index (χ4n) is 3.91. The number of likely N-dealkylation sites (N-methyl/N-ethyl adjacent to an activating group) is 1. The fourth-order valence-corrected chi connectivity index (χ4v) is 5.15. The van der Waals surface area contributed by atoms with Crippen molar-refractivity contribution in [2.24, 2.45) is 0 Å². The third-order valence-electron chi connectivity index (χ3n) is 5.85. The van der Waals surface area contributed by atoms with E-state index in [1.165, 1.54) is 60.3 Å². The maximum absolute atomic E-state index is 9.53. The van der Waals surface area contributed by atoms with Crippen molar-refractivity contribution >= 4 is 46.7 Å². The molecule has 0 amide bonds. The molecule has 2 aromatic rings. The zero-order valence-electron chi connectivity index (χ0n) is 19.4. The molecule has 9 heteroatoms. The molecule has 1 fully saturated rings. The minimum absolute atomic E-state index is 0.447. The van der Waals surface area contributed by atoms with Crippen LogP contribution >= 0.6 is 23.4 Å². The highest BCUT2D eigenvalue weighted by atomic mass is 35.5. The van der Waals surface area contributed by atoms with Crippen molar-refractivity contribution in [3.63, 3.8) is 0 Å². The molecule has 2 aliphatic rings. The lowest BCUT2D eigenvalue weighted by Gasteiger charge is -2.39. The number of carboxylic acids is 2. The number of aliphatic carboxylic acids is 2. The molecule has 0 unspecified atom stereocenters. The number of carbonyl (C=O) groups is 2. The molecule has 0 radical (unpaired) electrons. The molecule has 7 nitrogen and oxygen atoms in total. The number of hydrogen-bond acceptors (Lipinski definition) is 6. The van der Waals surface area contributed by atoms with Gasteiger partial charge in [-0.3, -0.25) is 4.90 Å². The van der Waals surface area contributed by atoms with E-state index in [2.05, 4.69) is 60.3 Å². The van der Waals surface area contributed by atoms with Crippen molar-refractivity contribution in [1.29, 1.82) is 0 Å². The van der Waals surface area contributed by atoms with Crippen LogP contribution in [0.3, 0.4) is 0 Å². The Kier molecular flexibility index (Phi) is 9.02. The molecule has 0 bridgehead atoms. The first-order chi connectivity index (χ1) is 16.1. The molecule has 1 N–H and O–H groups in total. The van der Waals surface area contributed by atoms with Gasteiger partial charge in [-0.15, -0.1) is 0 Å². The van der Waals surface area contributed by atoms with E-state index in [9.17, 15) is 14.7 Å². The topological polar surface area (TPSA) is 83.9 Å². The second-order valence-electron chi connectivity index (χ2n) is 8.90. The van der Waals surface area contributed by atoms with E-state index in [0.717, 1.165) is 16.1 Å². The quantitative estimate of drug-likeness (QED) is 0.479. The summed E-state index contributed by atoms with van der Waals surface area (Å²) in [6.45, 7) is 7.12. The highest BCUT2D eigenvalue weighted by Crippen LogP contribution is 2.48. The average molecular weight is 504 g/mol. The predicted molar refractivity (Wildman–Crippen MR) is 134 cm³/mol. The van der Waals surface area contributed by atoms with E-state index in [4.69, 9.17) is 16.7 Å². The summed E-state index contributed by atoms with van der Waals surface area (Å²) in [7, 11) is 4.67. The molecule has 0 aromatic heterocycles. The van der Waals surface area contributed by atoms with E-state index in [-0.39, 0.29) is 0 Å². The average Bonchev–Trinajstić information content (AvgIpc) is 2.79. The molecule has 4 rings (SSSR count). The molecule has 0 aliphatic carbocycles. The first kappa shape index (κ1) is 26.1. The van der Waals surface area contributed by atoms with Gasteiger partial charge in [-0.2, -0.15) is 0 Å². The number of quaternary nitrogens is 1. The molecule has 34 heavy (non-hydrogen) atoms. The van der Waals surface area contributed by atoms with Crippen LogP contribution in [-0.2, 0) is 9.59 Å². The van der Waals surface area contributed by atoms with Crippen LogP contribution in [0.25, 0.3) is 0 Å². The Morgan fingerprint density at radius 1 is 1.06 bits per heavy atom. The molecule has 1 saturated heterocycles. The highest BCUT2D eigenvalue weighted by Gasteiger charge is 2.26. The maximum atomic E-state index is 9.53. The van der Waals surface area contributed by atoms with Gasteiger partial charge in [0.25, 0.3) is 0 Å². The number of rotatable bonds is 6. The van der Waals surface area contributed by atoms with Crippen molar-refractivity contribution in [2.75, 3.05) is 58.3 Å². The minimum atomic E-state index is -1.51. The van der Waals surface area contributed by atoms with Crippen LogP contribution < -0.4 is 10.0 Å². The first-order valence-electron chi connectivity index (χ1n) is 11.1. The van der Waals surface area contributed by atoms with E-state index in [1.807, 2.05) is 17.8 Å². The summed E-state index contributed by atoms with van der Waals surface area (Å²) in [5.74, 6) is -2.80. The molecular formula is C25H30ClN3O4S. The lowest BCUT2D eigenvalue weighted by atomic mass is 10.2. The molecule has 182 valence electrons. The molecule has 0 saturated carbocycles. The highest BCUT2D eigenvalue weighted by molar-refractivity contribution is 7.99. The Hall–Kier alpha value is -2.52. The lowest BCUT2D eigenvalue weighted by Crippen LogP contribution is -2.54. The van der Waals surface area contributed by atoms with Crippen LogP contribution in [0, 0.1) is 0 Å². The summed E-state index contributed by atoms with van der Waals surface area (Å²) in [6.07, 6.45) is 2.11. The van der Waals surface area contributed by atoms with Crippen molar-refractivity contribution in [1.82, 2.24) is 4.90 Å². The number of carbonyl (C=O) groups excluding carboxylic acids is 1. The third-order valence-corrected chi connectivity index (χ3v) is 7.21. The Morgan fingerprint density at radius 2 is 1.74 bits per heavy atom. The standard InChI is InChI=1S/C21H27ClN3S.C4H4O4/c1-25(2)14-12-23(13-15-25)10-5-11-24-18-6-3-4-7-20(18)26-21-9-8-17(22)16-19(21)24;5-3(6)1-2-4(7)8/h3-4,6-9,16H,5,10-15H2,1-2H3;1-2H,(H,5,6)(H,7,8)/q+1;/p-1/b;2-1-. The van der Waals surface area contributed by atoms with Gasteiger partial charge >= 0.3 is 5.97 Å². The second-order valence-corrected chi connectivity index (χ2v) is 10.4. The SMILES string of the molecule is C[N+]1(C)CCN(CCCN2c3ccccc3Sc3ccc(Cl)cc32)CC1.O=C([O-])/C=C\C(=O)O. The van der Waals surface area contributed by atoms with Gasteiger partial charge in [-0.1, -0.05) is 35.5 Å². The van der Waals surface area contributed by atoms with Crippen molar-refractivity contribution < 1.29 is 24.3 Å². The van der Waals surface area contributed by atoms with Gasteiger partial charge in [-0.25, -0.2) is 4.79 Å². The fraction of sp³-hybridized carbons (Fsp3) is 0.360. The number of anilines is 2. The van der Waals surface area contributed by atoms with Gasteiger partial charge in [0.15, 0.2) is 0 Å². The van der Waals surface area contributed by atoms with E-state index < -0.39 is 11.9 Å². The number of carboxylic acid groups (broad SMARTS) is 2. The molecule has 0 spiro atoms. The van der Waals surface area contributed by atoms with Crippen molar-refractivity contribution in [2.45, 2.75) is 16.2 Å². The maximum Gasteiger partial charge on any atom is 0.328 e. The smallest absolute Gasteiger partial charge is 0.328 e. The van der Waals surface area contributed by atoms with Gasteiger partial charge in [0.2, 0.25) is 0 Å². The van der Waals surface area contributed by atoms with Crippen LogP contribution in [0.1, 0.15) is 6.42 Å². The van der Waals surface area contributed by atoms with E-state index in [1.54, 1.807) is 0 Å². The Bertz CT molecular complexity index is 1030. The van der Waals surface area contributed by atoms with Crippen LogP contribution in [-0.4, -0.2) is 79.8 Å². The number of hydrogen-bond donors (Lipinski definition) is 1. The molecular weight excluding hydrogens is 474 g/mol. The number of fused-ring (bicyclic) bond motifs is 2. The van der Waals surface area contributed by atoms with Crippen LogP contribution in [0.2, 0.25) is 5.02 Å². The van der Waals surface area contributed by atoms with E-state index >= 15 is 0 Å². The summed E-state index contributed by atoms with van der Waals surface area (Å²) < 4.78 is 1.15. The summed E-state index contributed by atoms with van der Waals surface area (Å²) in [5, 5.41) is 18.0. The van der Waals surface area contributed by atoms with Gasteiger partial charge in [-0.05, 0) is 42.8 Å². The van der Waals surface area contributed by atoms with Gasteiger partial charge in [0, 0.05) is 47.1 Å². The largest absolute Gasteiger partial charge is 0.545 e. The molecule has 2 aliphatic heterocycles. The van der Waals surface area contributed by atoms with Crippen molar-refractivity contribution in [3.05, 3.63) is 59.6 Å². The summed E-state index contributed by atoms with van der Waals surface area (Å²) in [4.78, 5) is 26.7. The van der Waals surface area contributed by atoms with Gasteiger partial charge < -0.3 is 24.4 Å². The van der Waals surface area contributed by atoms with Crippen LogP contribution in [0.15, 0.2) is 64.4 Å². The van der Waals surface area contributed by atoms with Crippen LogP contribution in [0.5, 0.6) is 0 Å². The number of benzene rings is 2. The van der Waals surface area contributed by atoms with Crippen LogP contribution in [0.4, 0.5) is 11.4 Å². The lowest BCUT2D eigenvalue weighted by molar-refractivity contribution is -0.894. The minimum Gasteiger partial charge on any atom is -0.545 e. The van der Waals surface area contributed by atoms with Gasteiger partial charge in [0.1, 0.15) is 0 Å². The number of para-hydroxylation sites is 1. The first-order valence-corrected chi connectivity index (χ1v) is 12.3. The summed E-state index contributed by atoms with van der Waals surface area (Å²) >= 11 is 8.15. The second kappa shape index (κ2) is 11.8. The third kappa shape index (κ3) is 7.50. The Balaban J connectivity index is 0.000000350. The Morgan fingerprint density at radius 3 is 2.38 bits per heavy atom. The van der Waals surface area contributed by atoms with Crippen molar-refractivity contribution in [3.8, 4) is 0 Å². The zero-order chi connectivity index (χ0) is 24.7. The monoisotopic (exact) mass is 503 g/mol. The summed E-state index contributed by atoms with van der Waals surface area (Å²) in [6, 6.07) is 15.0. The molecule has 2 aromatic carbocycles. The predicted octanol–water partition coefficient (Wildman–Crippen LogP) is 3.10. The summed E-state index contributed by atoms with van der Waals surface area (Å²) in [5.41, 5.74) is 2.56. The van der Waals surface area contributed by atoms with E-state index in [0.29, 0.717) is 12.2 Å². The molecule has 0 atom stereocenters. The number of piperazine rings is 1.